The number of halogens is 1. The van der Waals surface area contributed by atoms with Crippen LogP contribution in [0, 0.1) is 5.82 Å². The number of aromatic nitrogens is 2. The first-order valence-electron chi connectivity index (χ1n) is 5.66. The summed E-state index contributed by atoms with van der Waals surface area (Å²) >= 11 is 0. The van der Waals surface area contributed by atoms with Gasteiger partial charge in [-0.05, 0) is 36.4 Å². The Morgan fingerprint density at radius 1 is 1.00 bits per heavy atom. The molecule has 1 aromatic heterocycles. The molecule has 0 aliphatic heterocycles. The zero-order valence-corrected chi connectivity index (χ0v) is 9.88. The van der Waals surface area contributed by atoms with Gasteiger partial charge in [0.2, 0.25) is 5.88 Å². The van der Waals surface area contributed by atoms with Gasteiger partial charge in [-0.1, -0.05) is 0 Å². The van der Waals surface area contributed by atoms with Gasteiger partial charge in [-0.15, -0.1) is 0 Å². The van der Waals surface area contributed by atoms with E-state index in [1.165, 1.54) is 18.3 Å². The second-order valence-corrected chi connectivity index (χ2v) is 4.01. The number of benzene rings is 2. The van der Waals surface area contributed by atoms with Crippen molar-refractivity contribution in [2.75, 3.05) is 5.73 Å². The molecule has 4 nitrogen and oxygen atoms in total. The molecule has 1 heterocycles. The fraction of sp³-hybridized carbons (Fsp3) is 0. The van der Waals surface area contributed by atoms with E-state index in [1.807, 2.05) is 0 Å². The molecular formula is C14H10FN3O. The van der Waals surface area contributed by atoms with Crippen LogP contribution in [0.5, 0.6) is 11.6 Å². The van der Waals surface area contributed by atoms with E-state index in [0.717, 1.165) is 0 Å². The molecule has 0 saturated carbocycles. The van der Waals surface area contributed by atoms with Crippen LogP contribution < -0.4 is 10.5 Å². The Hall–Kier alpha value is -2.69. The minimum atomic E-state index is -0.339. The van der Waals surface area contributed by atoms with Crippen LogP contribution >= 0.6 is 0 Å². The molecule has 0 fully saturated rings. The van der Waals surface area contributed by atoms with Gasteiger partial charge >= 0.3 is 0 Å². The van der Waals surface area contributed by atoms with Crippen molar-refractivity contribution < 1.29 is 9.13 Å². The lowest BCUT2D eigenvalue weighted by Gasteiger charge is -2.05. The van der Waals surface area contributed by atoms with Crippen molar-refractivity contribution in [1.82, 2.24) is 9.97 Å². The Labute approximate surface area is 108 Å². The highest BCUT2D eigenvalue weighted by molar-refractivity contribution is 5.74. The van der Waals surface area contributed by atoms with Crippen LogP contribution in [0.3, 0.4) is 0 Å². The number of fused-ring (bicyclic) bond motifs is 1. The van der Waals surface area contributed by atoms with Gasteiger partial charge in [0.25, 0.3) is 0 Å². The van der Waals surface area contributed by atoms with Crippen molar-refractivity contribution in [3.63, 3.8) is 0 Å². The molecule has 0 aliphatic carbocycles. The molecule has 0 atom stereocenters. The van der Waals surface area contributed by atoms with Gasteiger partial charge in [0, 0.05) is 11.8 Å². The van der Waals surface area contributed by atoms with E-state index in [0.29, 0.717) is 28.4 Å². The van der Waals surface area contributed by atoms with Gasteiger partial charge in [0.05, 0.1) is 17.2 Å². The van der Waals surface area contributed by atoms with Crippen LogP contribution in [0.25, 0.3) is 11.0 Å². The third-order valence-electron chi connectivity index (χ3n) is 2.58. The monoisotopic (exact) mass is 255 g/mol. The van der Waals surface area contributed by atoms with Crippen LogP contribution in [0.1, 0.15) is 0 Å². The van der Waals surface area contributed by atoms with Crippen molar-refractivity contribution in [2.45, 2.75) is 0 Å². The highest BCUT2D eigenvalue weighted by Gasteiger charge is 2.03. The van der Waals surface area contributed by atoms with Crippen molar-refractivity contribution in [1.29, 1.82) is 0 Å². The zero-order chi connectivity index (χ0) is 13.2. The van der Waals surface area contributed by atoms with E-state index < -0.39 is 0 Å². The third-order valence-corrected chi connectivity index (χ3v) is 2.58. The number of rotatable bonds is 2. The molecule has 2 N–H and O–H groups in total. The van der Waals surface area contributed by atoms with Gasteiger partial charge in [-0.2, -0.15) is 0 Å². The summed E-state index contributed by atoms with van der Waals surface area (Å²) < 4.78 is 18.6. The number of nitrogens with two attached hydrogens (primary N) is 1. The summed E-state index contributed by atoms with van der Waals surface area (Å²) in [6, 6.07) is 11.2. The standard InChI is InChI=1S/C14H10FN3O/c15-9-1-6-12-13(7-9)17-8-14(18-12)19-11-4-2-10(16)3-5-11/h1-8H,16H2. The smallest absolute Gasteiger partial charge is 0.238 e. The van der Waals surface area contributed by atoms with Crippen LogP contribution in [0.2, 0.25) is 0 Å². The lowest BCUT2D eigenvalue weighted by molar-refractivity contribution is 0.463. The maximum atomic E-state index is 13.0. The second kappa shape index (κ2) is 4.53. The van der Waals surface area contributed by atoms with Crippen molar-refractivity contribution in [3.8, 4) is 11.6 Å². The number of nitrogen functional groups attached to an aromatic ring is 1. The first-order chi connectivity index (χ1) is 9.20. The summed E-state index contributed by atoms with van der Waals surface area (Å²) in [4.78, 5) is 8.35. The quantitative estimate of drug-likeness (QED) is 0.714. The molecule has 94 valence electrons. The maximum absolute atomic E-state index is 13.0. The van der Waals surface area contributed by atoms with Gasteiger partial charge in [0.1, 0.15) is 11.6 Å². The molecule has 0 radical (unpaired) electrons. The van der Waals surface area contributed by atoms with E-state index in [2.05, 4.69) is 9.97 Å². The van der Waals surface area contributed by atoms with Crippen molar-refractivity contribution >= 4 is 16.7 Å². The summed E-state index contributed by atoms with van der Waals surface area (Å²) in [6.07, 6.45) is 1.46. The molecule has 0 amide bonds. The molecule has 5 heteroatoms. The van der Waals surface area contributed by atoms with Gasteiger partial charge in [0.15, 0.2) is 0 Å². The fourth-order valence-corrected chi connectivity index (χ4v) is 1.67. The summed E-state index contributed by atoms with van der Waals surface area (Å²) in [5.41, 5.74) is 7.32. The Morgan fingerprint density at radius 3 is 2.58 bits per heavy atom. The Morgan fingerprint density at radius 2 is 1.79 bits per heavy atom. The number of nitrogens with zero attached hydrogens (tertiary/aromatic N) is 2. The molecule has 2 aromatic carbocycles. The molecule has 19 heavy (non-hydrogen) atoms. The lowest BCUT2D eigenvalue weighted by atomic mass is 10.3. The van der Waals surface area contributed by atoms with Gasteiger partial charge < -0.3 is 10.5 Å². The molecular weight excluding hydrogens is 245 g/mol. The number of anilines is 1. The molecule has 3 aromatic rings. The Kier molecular flexibility index (Phi) is 2.72. The Bertz CT molecular complexity index is 728. The number of hydrogen-bond acceptors (Lipinski definition) is 4. The molecule has 3 rings (SSSR count). The summed E-state index contributed by atoms with van der Waals surface area (Å²) in [5.74, 6) is 0.628. The predicted molar refractivity (Wildman–Crippen MR) is 70.4 cm³/mol. The number of hydrogen-bond donors (Lipinski definition) is 1. The van der Waals surface area contributed by atoms with E-state index in [9.17, 15) is 4.39 Å². The second-order valence-electron chi connectivity index (χ2n) is 4.01. The minimum Gasteiger partial charge on any atom is -0.437 e. The first kappa shape index (κ1) is 11.4. The van der Waals surface area contributed by atoms with E-state index in [1.54, 1.807) is 30.3 Å². The largest absolute Gasteiger partial charge is 0.437 e. The molecule has 0 spiro atoms. The lowest BCUT2D eigenvalue weighted by Crippen LogP contribution is -1.92. The van der Waals surface area contributed by atoms with E-state index >= 15 is 0 Å². The number of ether oxygens (including phenoxy) is 1. The average Bonchev–Trinajstić information content (AvgIpc) is 2.42. The molecule has 0 bridgehead atoms. The van der Waals surface area contributed by atoms with Crippen LogP contribution in [-0.4, -0.2) is 9.97 Å². The normalized spacial score (nSPS) is 10.6. The van der Waals surface area contributed by atoms with Crippen molar-refractivity contribution in [3.05, 3.63) is 54.5 Å². The maximum Gasteiger partial charge on any atom is 0.238 e. The van der Waals surface area contributed by atoms with Crippen LogP contribution in [-0.2, 0) is 0 Å². The predicted octanol–water partition coefficient (Wildman–Crippen LogP) is 3.14. The van der Waals surface area contributed by atoms with Crippen molar-refractivity contribution in [2.24, 2.45) is 0 Å². The first-order valence-corrected chi connectivity index (χ1v) is 5.66. The van der Waals surface area contributed by atoms with Gasteiger partial charge in [-0.25, -0.2) is 14.4 Å². The molecule has 0 saturated heterocycles. The Balaban J connectivity index is 1.93. The molecule has 0 unspecified atom stereocenters. The van der Waals surface area contributed by atoms with Crippen LogP contribution in [0.15, 0.2) is 48.7 Å². The summed E-state index contributed by atoms with van der Waals surface area (Å²) in [7, 11) is 0. The minimum absolute atomic E-state index is 0.339. The third kappa shape index (κ3) is 2.44. The summed E-state index contributed by atoms with van der Waals surface area (Å²) in [5, 5.41) is 0. The van der Waals surface area contributed by atoms with Gasteiger partial charge in [-0.3, -0.25) is 0 Å². The van der Waals surface area contributed by atoms with E-state index in [4.69, 9.17) is 10.5 Å². The highest BCUT2D eigenvalue weighted by Crippen LogP contribution is 2.22. The SMILES string of the molecule is Nc1ccc(Oc2cnc3cc(F)ccc3n2)cc1. The fourth-order valence-electron chi connectivity index (χ4n) is 1.67. The topological polar surface area (TPSA) is 61.0 Å². The van der Waals surface area contributed by atoms with Crippen LogP contribution in [0.4, 0.5) is 10.1 Å². The highest BCUT2D eigenvalue weighted by atomic mass is 19.1. The van der Waals surface area contributed by atoms with E-state index in [-0.39, 0.29) is 5.82 Å². The molecule has 0 aliphatic rings. The zero-order valence-electron chi connectivity index (χ0n) is 9.88. The summed E-state index contributed by atoms with van der Waals surface area (Å²) in [6.45, 7) is 0. The average molecular weight is 255 g/mol.